The minimum atomic E-state index is 0.192. The van der Waals surface area contributed by atoms with Crippen molar-refractivity contribution in [2.24, 2.45) is 24.6 Å². The van der Waals surface area contributed by atoms with Crippen LogP contribution in [0.4, 0.5) is 0 Å². The zero-order valence-electron chi connectivity index (χ0n) is 10.9. The maximum atomic E-state index is 11.9. The summed E-state index contributed by atoms with van der Waals surface area (Å²) >= 11 is 0. The summed E-state index contributed by atoms with van der Waals surface area (Å²) in [6.45, 7) is 4.87. The first-order valence-electron chi connectivity index (χ1n) is 6.07. The SMILES string of the molecule is CC(C)CC(CN)CC(=O)Cc1ncnn1C. The van der Waals surface area contributed by atoms with E-state index in [1.165, 1.54) is 6.33 Å². The number of aryl methyl sites for hydroxylation is 1. The zero-order valence-corrected chi connectivity index (χ0v) is 10.9. The Bertz CT molecular complexity index is 359. The molecule has 5 nitrogen and oxygen atoms in total. The fraction of sp³-hybridized carbons (Fsp3) is 0.750. The van der Waals surface area contributed by atoms with Crippen molar-refractivity contribution in [2.45, 2.75) is 33.1 Å². The Balaban J connectivity index is 2.45. The van der Waals surface area contributed by atoms with Gasteiger partial charge >= 0.3 is 0 Å². The topological polar surface area (TPSA) is 73.8 Å². The highest BCUT2D eigenvalue weighted by molar-refractivity contribution is 5.80. The Morgan fingerprint density at radius 2 is 2.24 bits per heavy atom. The molecule has 96 valence electrons. The molecule has 1 aromatic rings. The Kier molecular flexibility index (Phi) is 5.28. The third-order valence-corrected chi connectivity index (χ3v) is 2.81. The largest absolute Gasteiger partial charge is 0.330 e. The Labute approximate surface area is 102 Å². The number of nitrogens with two attached hydrogens (primary N) is 1. The molecule has 5 heteroatoms. The minimum absolute atomic E-state index is 0.192. The van der Waals surface area contributed by atoms with Crippen LogP contribution in [-0.2, 0) is 18.3 Å². The van der Waals surface area contributed by atoms with Crippen LogP contribution in [-0.4, -0.2) is 27.1 Å². The molecular formula is C12H22N4O. The Hall–Kier alpha value is -1.23. The zero-order chi connectivity index (χ0) is 12.8. The molecule has 0 spiro atoms. The van der Waals surface area contributed by atoms with Gasteiger partial charge < -0.3 is 5.73 Å². The van der Waals surface area contributed by atoms with Gasteiger partial charge in [-0.1, -0.05) is 13.8 Å². The van der Waals surface area contributed by atoms with Crippen LogP contribution in [0.5, 0.6) is 0 Å². The molecule has 1 unspecified atom stereocenters. The molecule has 0 aliphatic rings. The monoisotopic (exact) mass is 238 g/mol. The summed E-state index contributed by atoms with van der Waals surface area (Å²) in [5.41, 5.74) is 5.69. The molecule has 0 radical (unpaired) electrons. The van der Waals surface area contributed by atoms with Crippen LogP contribution in [0.15, 0.2) is 6.33 Å². The summed E-state index contributed by atoms with van der Waals surface area (Å²) in [6, 6.07) is 0. The highest BCUT2D eigenvalue weighted by atomic mass is 16.1. The summed E-state index contributed by atoms with van der Waals surface area (Å²) in [5.74, 6) is 1.77. The third kappa shape index (κ3) is 4.65. The maximum Gasteiger partial charge on any atom is 0.140 e. The maximum absolute atomic E-state index is 11.9. The fourth-order valence-corrected chi connectivity index (χ4v) is 1.98. The third-order valence-electron chi connectivity index (χ3n) is 2.81. The highest BCUT2D eigenvalue weighted by Gasteiger charge is 2.15. The quantitative estimate of drug-likeness (QED) is 0.767. The normalized spacial score (nSPS) is 13.0. The number of carbonyl (C=O) groups is 1. The standard InChI is InChI=1S/C12H22N4O/c1-9(2)4-10(7-13)5-11(17)6-12-14-8-15-16(12)3/h8-10H,4-7,13H2,1-3H3. The number of hydrogen-bond donors (Lipinski definition) is 1. The number of aromatic nitrogens is 3. The van der Waals surface area contributed by atoms with E-state index in [2.05, 4.69) is 23.9 Å². The van der Waals surface area contributed by atoms with Crippen molar-refractivity contribution in [1.29, 1.82) is 0 Å². The molecule has 1 rings (SSSR count). The van der Waals surface area contributed by atoms with E-state index in [4.69, 9.17) is 5.73 Å². The molecule has 0 aliphatic heterocycles. The van der Waals surface area contributed by atoms with Crippen LogP contribution in [0.2, 0.25) is 0 Å². The second kappa shape index (κ2) is 6.49. The Morgan fingerprint density at radius 1 is 1.53 bits per heavy atom. The second-order valence-electron chi connectivity index (χ2n) is 4.95. The molecule has 0 saturated heterocycles. The lowest BCUT2D eigenvalue weighted by Gasteiger charge is -2.15. The van der Waals surface area contributed by atoms with Crippen LogP contribution in [0.1, 0.15) is 32.5 Å². The molecule has 2 N–H and O–H groups in total. The van der Waals surface area contributed by atoms with Crippen molar-refractivity contribution in [2.75, 3.05) is 6.54 Å². The van der Waals surface area contributed by atoms with Gasteiger partial charge in [0.25, 0.3) is 0 Å². The predicted octanol–water partition coefficient (Wildman–Crippen LogP) is 0.938. The smallest absolute Gasteiger partial charge is 0.140 e. The van der Waals surface area contributed by atoms with Gasteiger partial charge in [0.2, 0.25) is 0 Å². The van der Waals surface area contributed by atoms with E-state index >= 15 is 0 Å². The second-order valence-corrected chi connectivity index (χ2v) is 4.95. The van der Waals surface area contributed by atoms with Crippen LogP contribution < -0.4 is 5.73 Å². The molecule has 0 bridgehead atoms. The van der Waals surface area contributed by atoms with E-state index in [1.54, 1.807) is 11.7 Å². The van der Waals surface area contributed by atoms with Gasteiger partial charge in [0.05, 0.1) is 6.42 Å². The number of rotatable bonds is 7. The molecule has 1 heterocycles. The van der Waals surface area contributed by atoms with Crippen molar-refractivity contribution in [3.63, 3.8) is 0 Å². The number of nitrogens with zero attached hydrogens (tertiary/aromatic N) is 3. The summed E-state index contributed by atoms with van der Waals surface area (Å²) in [5, 5.41) is 3.95. The molecule has 0 saturated carbocycles. The summed E-state index contributed by atoms with van der Waals surface area (Å²) in [4.78, 5) is 15.9. The molecule has 1 atom stereocenters. The lowest BCUT2D eigenvalue weighted by molar-refractivity contribution is -0.119. The van der Waals surface area contributed by atoms with Crippen molar-refractivity contribution < 1.29 is 4.79 Å². The van der Waals surface area contributed by atoms with Crippen molar-refractivity contribution in [3.8, 4) is 0 Å². The summed E-state index contributed by atoms with van der Waals surface area (Å²) < 4.78 is 1.64. The van der Waals surface area contributed by atoms with Gasteiger partial charge in [0.15, 0.2) is 0 Å². The van der Waals surface area contributed by atoms with E-state index in [0.29, 0.717) is 25.3 Å². The van der Waals surface area contributed by atoms with Crippen molar-refractivity contribution >= 4 is 5.78 Å². The lowest BCUT2D eigenvalue weighted by atomic mass is 9.92. The average molecular weight is 238 g/mol. The van der Waals surface area contributed by atoms with Gasteiger partial charge in [-0.05, 0) is 24.8 Å². The van der Waals surface area contributed by atoms with E-state index in [1.807, 2.05) is 0 Å². The van der Waals surface area contributed by atoms with Crippen molar-refractivity contribution in [1.82, 2.24) is 14.8 Å². The van der Waals surface area contributed by atoms with Crippen molar-refractivity contribution in [3.05, 3.63) is 12.2 Å². The summed E-state index contributed by atoms with van der Waals surface area (Å²) in [7, 11) is 1.80. The van der Waals surface area contributed by atoms with Crippen LogP contribution in [0, 0.1) is 11.8 Å². The number of ketones is 1. The lowest BCUT2D eigenvalue weighted by Crippen LogP contribution is -2.21. The Morgan fingerprint density at radius 3 is 2.71 bits per heavy atom. The van der Waals surface area contributed by atoms with Crippen LogP contribution in [0.3, 0.4) is 0 Å². The summed E-state index contributed by atoms with van der Waals surface area (Å²) in [6.07, 6.45) is 3.37. The molecule has 0 amide bonds. The average Bonchev–Trinajstić information content (AvgIpc) is 2.62. The minimum Gasteiger partial charge on any atom is -0.330 e. The van der Waals surface area contributed by atoms with E-state index in [9.17, 15) is 4.79 Å². The molecule has 17 heavy (non-hydrogen) atoms. The molecule has 1 aromatic heterocycles. The molecule has 0 aromatic carbocycles. The van der Waals surface area contributed by atoms with E-state index in [0.717, 1.165) is 12.2 Å². The van der Waals surface area contributed by atoms with Crippen LogP contribution >= 0.6 is 0 Å². The molecular weight excluding hydrogens is 216 g/mol. The van der Waals surface area contributed by atoms with Gasteiger partial charge in [-0.25, -0.2) is 4.98 Å². The molecule has 0 aliphatic carbocycles. The van der Waals surface area contributed by atoms with Crippen LogP contribution in [0.25, 0.3) is 0 Å². The highest BCUT2D eigenvalue weighted by Crippen LogP contribution is 2.15. The van der Waals surface area contributed by atoms with E-state index < -0.39 is 0 Å². The first-order chi connectivity index (χ1) is 8.02. The number of hydrogen-bond acceptors (Lipinski definition) is 4. The number of Topliss-reactive ketones (excluding diaryl/α,β-unsaturated/α-hetero) is 1. The fourth-order valence-electron chi connectivity index (χ4n) is 1.98. The van der Waals surface area contributed by atoms with Gasteiger partial charge in [-0.2, -0.15) is 5.10 Å². The van der Waals surface area contributed by atoms with Gasteiger partial charge in [0, 0.05) is 13.5 Å². The van der Waals surface area contributed by atoms with Gasteiger partial charge in [0.1, 0.15) is 17.9 Å². The molecule has 0 fully saturated rings. The first-order valence-corrected chi connectivity index (χ1v) is 6.07. The first kappa shape index (κ1) is 13.8. The van der Waals surface area contributed by atoms with Gasteiger partial charge in [-0.15, -0.1) is 0 Å². The number of carbonyl (C=O) groups excluding carboxylic acids is 1. The predicted molar refractivity (Wildman–Crippen MR) is 66.3 cm³/mol. The van der Waals surface area contributed by atoms with Gasteiger partial charge in [-0.3, -0.25) is 9.48 Å². The van der Waals surface area contributed by atoms with E-state index in [-0.39, 0.29) is 11.7 Å².